The summed E-state index contributed by atoms with van der Waals surface area (Å²) in [6.07, 6.45) is 3.88. The molecular weight excluding hydrogens is 400 g/mol. The van der Waals surface area contributed by atoms with E-state index >= 15 is 0 Å². The summed E-state index contributed by atoms with van der Waals surface area (Å²) >= 11 is 0. The van der Waals surface area contributed by atoms with Gasteiger partial charge in [-0.05, 0) is 73.6 Å². The first kappa shape index (κ1) is 21.6. The molecule has 0 unspecified atom stereocenters. The maximum absolute atomic E-state index is 12.8. The average Bonchev–Trinajstić information content (AvgIpc) is 2.83. The predicted octanol–water partition coefficient (Wildman–Crippen LogP) is 4.90. The van der Waals surface area contributed by atoms with Crippen molar-refractivity contribution in [1.29, 1.82) is 0 Å². The van der Waals surface area contributed by atoms with E-state index in [1.165, 1.54) is 24.0 Å². The van der Waals surface area contributed by atoms with Crippen LogP contribution in [0, 0.1) is 0 Å². The largest absolute Gasteiger partial charge is 0.481 e. The Kier molecular flexibility index (Phi) is 6.85. The topological polar surface area (TPSA) is 67.4 Å². The second-order valence-electron chi connectivity index (χ2n) is 8.10. The van der Waals surface area contributed by atoms with E-state index in [-0.39, 0.29) is 11.8 Å². The van der Waals surface area contributed by atoms with Crippen molar-refractivity contribution in [2.24, 2.45) is 0 Å². The van der Waals surface area contributed by atoms with Crippen LogP contribution in [0.3, 0.4) is 0 Å². The minimum absolute atomic E-state index is 0.243. The lowest BCUT2D eigenvalue weighted by Gasteiger charge is -2.19. The molecule has 32 heavy (non-hydrogen) atoms. The van der Waals surface area contributed by atoms with E-state index in [9.17, 15) is 9.59 Å². The lowest BCUT2D eigenvalue weighted by molar-refractivity contribution is -0.122. The van der Waals surface area contributed by atoms with Crippen molar-refractivity contribution in [3.05, 3.63) is 95.1 Å². The Morgan fingerprint density at radius 3 is 2.44 bits per heavy atom. The summed E-state index contributed by atoms with van der Waals surface area (Å²) in [6.45, 7) is 2.13. The van der Waals surface area contributed by atoms with Crippen molar-refractivity contribution in [2.45, 2.75) is 45.3 Å². The number of aryl methyl sites for hydroxylation is 2. The molecule has 0 spiro atoms. The Morgan fingerprint density at radius 1 is 0.906 bits per heavy atom. The van der Waals surface area contributed by atoms with Crippen molar-refractivity contribution in [3.8, 4) is 5.75 Å². The van der Waals surface area contributed by atoms with Crippen LogP contribution in [-0.2, 0) is 24.2 Å². The molecule has 0 aromatic heterocycles. The van der Waals surface area contributed by atoms with E-state index in [4.69, 9.17) is 4.74 Å². The Hall–Kier alpha value is -3.60. The molecule has 3 aromatic carbocycles. The highest BCUT2D eigenvalue weighted by atomic mass is 16.5. The summed E-state index contributed by atoms with van der Waals surface area (Å²) in [5, 5.41) is 5.75. The van der Waals surface area contributed by atoms with Crippen molar-refractivity contribution in [2.75, 3.05) is 5.32 Å². The highest BCUT2D eigenvalue weighted by Crippen LogP contribution is 2.26. The van der Waals surface area contributed by atoms with Gasteiger partial charge >= 0.3 is 0 Å². The highest BCUT2D eigenvalue weighted by molar-refractivity contribution is 6.04. The van der Waals surface area contributed by atoms with Crippen LogP contribution in [0.4, 0.5) is 5.69 Å². The third-order valence-corrected chi connectivity index (χ3v) is 5.73. The van der Waals surface area contributed by atoms with Crippen LogP contribution in [0.15, 0.2) is 72.8 Å². The van der Waals surface area contributed by atoms with Gasteiger partial charge in [0.15, 0.2) is 6.10 Å². The molecule has 3 aromatic rings. The van der Waals surface area contributed by atoms with Crippen LogP contribution in [-0.4, -0.2) is 17.9 Å². The molecule has 1 aliphatic carbocycles. The maximum atomic E-state index is 12.8. The van der Waals surface area contributed by atoms with Gasteiger partial charge in [0.2, 0.25) is 0 Å². The molecule has 0 bridgehead atoms. The van der Waals surface area contributed by atoms with Crippen molar-refractivity contribution < 1.29 is 14.3 Å². The summed E-state index contributed by atoms with van der Waals surface area (Å²) in [6, 6.07) is 22.8. The van der Waals surface area contributed by atoms with Crippen LogP contribution in [0.2, 0.25) is 0 Å². The van der Waals surface area contributed by atoms with E-state index in [1.807, 2.05) is 42.5 Å². The molecule has 0 radical (unpaired) electrons. The molecule has 2 N–H and O–H groups in total. The predicted molar refractivity (Wildman–Crippen MR) is 126 cm³/mol. The number of rotatable bonds is 7. The van der Waals surface area contributed by atoms with Gasteiger partial charge in [-0.2, -0.15) is 0 Å². The second-order valence-corrected chi connectivity index (χ2v) is 8.10. The number of benzene rings is 3. The van der Waals surface area contributed by atoms with Gasteiger partial charge < -0.3 is 15.4 Å². The number of hydrogen-bond donors (Lipinski definition) is 2. The Bertz CT molecular complexity index is 1100. The smallest absolute Gasteiger partial charge is 0.265 e. The molecule has 0 heterocycles. The van der Waals surface area contributed by atoms with Crippen LogP contribution in [0.1, 0.15) is 46.8 Å². The second kappa shape index (κ2) is 10.1. The van der Waals surface area contributed by atoms with Gasteiger partial charge in [0.25, 0.3) is 11.8 Å². The third kappa shape index (κ3) is 5.35. The minimum atomic E-state index is -0.697. The van der Waals surface area contributed by atoms with Gasteiger partial charge in [-0.15, -0.1) is 0 Å². The summed E-state index contributed by atoms with van der Waals surface area (Å²) in [4.78, 5) is 25.5. The van der Waals surface area contributed by atoms with Crippen LogP contribution in [0.5, 0.6) is 5.75 Å². The molecule has 5 heteroatoms. The van der Waals surface area contributed by atoms with Crippen molar-refractivity contribution in [1.82, 2.24) is 5.32 Å². The van der Waals surface area contributed by atoms with Crippen LogP contribution < -0.4 is 15.4 Å². The zero-order valence-corrected chi connectivity index (χ0v) is 18.3. The van der Waals surface area contributed by atoms with E-state index in [2.05, 4.69) is 16.7 Å². The normalized spacial score (nSPS) is 13.5. The summed E-state index contributed by atoms with van der Waals surface area (Å²) in [5.41, 5.74) is 4.56. The Labute approximate surface area is 188 Å². The lowest BCUT2D eigenvalue weighted by atomic mass is 9.92. The third-order valence-electron chi connectivity index (χ3n) is 5.73. The maximum Gasteiger partial charge on any atom is 0.265 e. The number of ether oxygens (including phenoxy) is 1. The van der Waals surface area contributed by atoms with Crippen LogP contribution in [0.25, 0.3) is 0 Å². The molecule has 2 amide bonds. The lowest BCUT2D eigenvalue weighted by Crippen LogP contribution is -2.31. The number of nitrogens with one attached hydrogen (secondary N) is 2. The fraction of sp³-hybridized carbons (Fsp3) is 0.259. The Morgan fingerprint density at radius 2 is 1.62 bits per heavy atom. The molecule has 1 aliphatic rings. The SMILES string of the molecule is C[C@@H](Oc1ccc2c(c1)CCCC2)C(=O)Nc1ccccc1C(=O)NCc1ccccc1. The summed E-state index contributed by atoms with van der Waals surface area (Å²) in [5.74, 6) is 0.154. The van der Waals surface area contributed by atoms with E-state index in [0.717, 1.165) is 18.4 Å². The first-order valence-electron chi connectivity index (χ1n) is 11.1. The zero-order valence-electron chi connectivity index (χ0n) is 18.3. The minimum Gasteiger partial charge on any atom is -0.481 e. The first-order valence-corrected chi connectivity index (χ1v) is 11.1. The quantitative estimate of drug-likeness (QED) is 0.562. The van der Waals surface area contributed by atoms with E-state index < -0.39 is 6.10 Å². The standard InChI is InChI=1S/C27H28N2O3/c1-19(32-23-16-15-21-11-5-6-12-22(21)17-23)26(30)29-25-14-8-7-13-24(25)27(31)28-18-20-9-3-2-4-10-20/h2-4,7-10,13-17,19H,5-6,11-12,18H2,1H3,(H,28,31)(H,29,30)/t19-/m1/s1. The molecule has 0 saturated heterocycles. The monoisotopic (exact) mass is 428 g/mol. The number of carbonyl (C=O) groups excluding carboxylic acids is 2. The number of fused-ring (bicyclic) bond motifs is 1. The van der Waals surface area contributed by atoms with Crippen molar-refractivity contribution in [3.63, 3.8) is 0 Å². The molecule has 164 valence electrons. The number of anilines is 1. The van der Waals surface area contributed by atoms with E-state index in [0.29, 0.717) is 23.5 Å². The summed E-state index contributed by atoms with van der Waals surface area (Å²) < 4.78 is 5.91. The highest BCUT2D eigenvalue weighted by Gasteiger charge is 2.19. The molecule has 1 atom stereocenters. The molecule has 0 saturated carbocycles. The van der Waals surface area contributed by atoms with Gasteiger partial charge in [0, 0.05) is 6.54 Å². The zero-order chi connectivity index (χ0) is 22.3. The van der Waals surface area contributed by atoms with Crippen LogP contribution >= 0.6 is 0 Å². The van der Waals surface area contributed by atoms with Gasteiger partial charge in [-0.1, -0.05) is 48.5 Å². The fourth-order valence-electron chi connectivity index (χ4n) is 3.94. The van der Waals surface area contributed by atoms with Gasteiger partial charge in [0.1, 0.15) is 5.75 Å². The molecular formula is C27H28N2O3. The Balaban J connectivity index is 1.39. The fourth-order valence-corrected chi connectivity index (χ4v) is 3.94. The number of hydrogen-bond acceptors (Lipinski definition) is 3. The molecule has 4 rings (SSSR count). The number of para-hydroxylation sites is 1. The van der Waals surface area contributed by atoms with Crippen molar-refractivity contribution >= 4 is 17.5 Å². The van der Waals surface area contributed by atoms with Gasteiger partial charge in [-0.25, -0.2) is 0 Å². The van der Waals surface area contributed by atoms with Gasteiger partial charge in [-0.3, -0.25) is 9.59 Å². The van der Waals surface area contributed by atoms with E-state index in [1.54, 1.807) is 31.2 Å². The van der Waals surface area contributed by atoms with Gasteiger partial charge in [0.05, 0.1) is 11.3 Å². The average molecular weight is 429 g/mol. The number of amides is 2. The molecule has 0 fully saturated rings. The first-order chi connectivity index (χ1) is 15.6. The molecule has 0 aliphatic heterocycles. The summed E-state index contributed by atoms with van der Waals surface area (Å²) in [7, 11) is 0. The molecule has 5 nitrogen and oxygen atoms in total. The number of carbonyl (C=O) groups is 2.